The van der Waals surface area contributed by atoms with Crippen LogP contribution in [0.15, 0.2) is 16.9 Å². The summed E-state index contributed by atoms with van der Waals surface area (Å²) in [5.41, 5.74) is -2.22. The van der Waals surface area contributed by atoms with E-state index >= 15 is 0 Å². The molecule has 0 unspecified atom stereocenters. The lowest BCUT2D eigenvalue weighted by molar-refractivity contribution is 0.00641. The van der Waals surface area contributed by atoms with Gasteiger partial charge in [0.25, 0.3) is 0 Å². The van der Waals surface area contributed by atoms with Crippen molar-refractivity contribution in [2.24, 2.45) is 0 Å². The number of halogens is 2. The summed E-state index contributed by atoms with van der Waals surface area (Å²) in [6.45, 7) is 7.07. The lowest BCUT2D eigenvalue weighted by Crippen LogP contribution is -2.26. The van der Waals surface area contributed by atoms with E-state index in [-0.39, 0.29) is 11.6 Å². The van der Waals surface area contributed by atoms with Crippen LogP contribution >= 0.6 is 0 Å². The molecule has 1 aliphatic rings. The van der Waals surface area contributed by atoms with E-state index in [4.69, 9.17) is 4.74 Å². The molecule has 0 bridgehead atoms. The monoisotopic (exact) mass is 365 g/mol. The molecule has 0 atom stereocenters. The first-order valence-corrected chi connectivity index (χ1v) is 8.55. The molecule has 0 amide bonds. The van der Waals surface area contributed by atoms with E-state index in [0.717, 1.165) is 29.7 Å². The van der Waals surface area contributed by atoms with Crippen LogP contribution in [0.3, 0.4) is 0 Å². The number of aromatic nitrogens is 3. The highest BCUT2D eigenvalue weighted by molar-refractivity contribution is 5.90. The predicted octanol–water partition coefficient (Wildman–Crippen LogP) is 3.16. The maximum absolute atomic E-state index is 14.6. The molecule has 1 saturated carbocycles. The highest BCUT2D eigenvalue weighted by atomic mass is 19.1. The highest BCUT2D eigenvalue weighted by Crippen LogP contribution is 2.38. The van der Waals surface area contributed by atoms with Gasteiger partial charge in [-0.25, -0.2) is 18.4 Å². The molecular weight excluding hydrogens is 344 g/mol. The zero-order valence-electron chi connectivity index (χ0n) is 15.2. The van der Waals surface area contributed by atoms with Gasteiger partial charge in [0.05, 0.1) is 5.56 Å². The SMILES string of the molecule is CCn1c(C2CC2)nn(-c2cc(F)c(C(=O)OC(C)(C)C)cc2F)c1=O. The van der Waals surface area contributed by atoms with Crippen LogP contribution in [-0.4, -0.2) is 25.9 Å². The van der Waals surface area contributed by atoms with Gasteiger partial charge < -0.3 is 4.74 Å². The van der Waals surface area contributed by atoms with E-state index in [1.807, 2.05) is 0 Å². The smallest absolute Gasteiger partial charge is 0.350 e. The summed E-state index contributed by atoms with van der Waals surface area (Å²) in [6, 6.07) is 1.55. The second-order valence-electron chi connectivity index (χ2n) is 7.36. The number of carbonyl (C=O) groups is 1. The Hall–Kier alpha value is -2.51. The first kappa shape index (κ1) is 18.3. The Morgan fingerprint density at radius 1 is 1.27 bits per heavy atom. The summed E-state index contributed by atoms with van der Waals surface area (Å²) in [7, 11) is 0. The normalized spacial score (nSPS) is 14.5. The van der Waals surface area contributed by atoms with Crippen molar-refractivity contribution in [1.29, 1.82) is 0 Å². The van der Waals surface area contributed by atoms with Gasteiger partial charge in [0.1, 0.15) is 28.7 Å². The summed E-state index contributed by atoms with van der Waals surface area (Å²) < 4.78 is 36.4. The first-order chi connectivity index (χ1) is 12.1. The number of benzene rings is 1. The molecule has 0 N–H and O–H groups in total. The molecular formula is C18H21F2N3O3. The van der Waals surface area contributed by atoms with Crippen LogP contribution in [0.1, 0.15) is 62.6 Å². The van der Waals surface area contributed by atoms with Crippen molar-refractivity contribution in [3.63, 3.8) is 0 Å². The van der Waals surface area contributed by atoms with E-state index in [1.54, 1.807) is 27.7 Å². The minimum Gasteiger partial charge on any atom is -0.456 e. The Morgan fingerprint density at radius 2 is 1.92 bits per heavy atom. The van der Waals surface area contributed by atoms with Crippen molar-refractivity contribution < 1.29 is 18.3 Å². The topological polar surface area (TPSA) is 66.1 Å². The van der Waals surface area contributed by atoms with Gasteiger partial charge in [-0.3, -0.25) is 4.57 Å². The van der Waals surface area contributed by atoms with Crippen molar-refractivity contribution in [2.75, 3.05) is 0 Å². The quantitative estimate of drug-likeness (QED) is 0.781. The average molecular weight is 365 g/mol. The second-order valence-corrected chi connectivity index (χ2v) is 7.36. The fraction of sp³-hybridized carbons (Fsp3) is 0.500. The minimum absolute atomic E-state index is 0.179. The van der Waals surface area contributed by atoms with Crippen molar-refractivity contribution in [1.82, 2.24) is 14.3 Å². The number of nitrogens with zero attached hydrogens (tertiary/aromatic N) is 3. The summed E-state index contributed by atoms with van der Waals surface area (Å²) in [4.78, 5) is 24.5. The van der Waals surface area contributed by atoms with Crippen molar-refractivity contribution in [2.45, 2.75) is 58.6 Å². The van der Waals surface area contributed by atoms with Crippen molar-refractivity contribution in [3.05, 3.63) is 45.6 Å². The van der Waals surface area contributed by atoms with Gasteiger partial charge in [-0.2, -0.15) is 4.68 Å². The Balaban J connectivity index is 2.04. The molecule has 0 radical (unpaired) electrons. The molecule has 1 aliphatic carbocycles. The standard InChI is InChI=1S/C18H21F2N3O3/c1-5-22-15(10-6-7-10)21-23(17(22)25)14-9-12(19)11(8-13(14)20)16(24)26-18(2,3)4/h8-10H,5-7H2,1-4H3. The van der Waals surface area contributed by atoms with Gasteiger partial charge >= 0.3 is 11.7 Å². The molecule has 140 valence electrons. The molecule has 3 rings (SSSR count). The van der Waals surface area contributed by atoms with E-state index < -0.39 is 34.5 Å². The van der Waals surface area contributed by atoms with E-state index in [0.29, 0.717) is 12.4 Å². The van der Waals surface area contributed by atoms with E-state index in [2.05, 4.69) is 5.10 Å². The lowest BCUT2D eigenvalue weighted by atomic mass is 10.1. The molecule has 0 aliphatic heterocycles. The van der Waals surface area contributed by atoms with Crippen LogP contribution in [0.4, 0.5) is 8.78 Å². The number of ether oxygens (including phenoxy) is 1. The largest absolute Gasteiger partial charge is 0.456 e. The third kappa shape index (κ3) is 3.40. The fourth-order valence-electron chi connectivity index (χ4n) is 2.70. The molecule has 0 saturated heterocycles. The molecule has 8 heteroatoms. The van der Waals surface area contributed by atoms with Crippen LogP contribution in [0.2, 0.25) is 0 Å². The maximum atomic E-state index is 14.6. The minimum atomic E-state index is -0.971. The van der Waals surface area contributed by atoms with Gasteiger partial charge in [0, 0.05) is 18.5 Å². The molecule has 26 heavy (non-hydrogen) atoms. The Bertz CT molecular complexity index is 921. The van der Waals surface area contributed by atoms with Crippen molar-refractivity contribution >= 4 is 5.97 Å². The Morgan fingerprint density at radius 3 is 2.46 bits per heavy atom. The second kappa shape index (κ2) is 6.34. The zero-order valence-corrected chi connectivity index (χ0v) is 15.2. The predicted molar refractivity (Wildman–Crippen MR) is 90.6 cm³/mol. The lowest BCUT2D eigenvalue weighted by Gasteiger charge is -2.19. The number of rotatable bonds is 4. The zero-order chi connectivity index (χ0) is 19.2. The van der Waals surface area contributed by atoms with E-state index in [1.165, 1.54) is 4.57 Å². The van der Waals surface area contributed by atoms with Crippen LogP contribution in [0, 0.1) is 11.6 Å². The third-order valence-electron chi connectivity index (χ3n) is 4.03. The summed E-state index contributed by atoms with van der Waals surface area (Å²) in [5.74, 6) is -2.10. The van der Waals surface area contributed by atoms with Gasteiger partial charge in [-0.05, 0) is 46.6 Å². The summed E-state index contributed by atoms with van der Waals surface area (Å²) in [5, 5.41) is 4.19. The van der Waals surface area contributed by atoms with Gasteiger partial charge in [-0.15, -0.1) is 5.10 Å². The number of hydrogen-bond donors (Lipinski definition) is 0. The highest BCUT2D eigenvalue weighted by Gasteiger charge is 2.31. The maximum Gasteiger partial charge on any atom is 0.350 e. The van der Waals surface area contributed by atoms with E-state index in [9.17, 15) is 18.4 Å². The van der Waals surface area contributed by atoms with Crippen LogP contribution in [-0.2, 0) is 11.3 Å². The summed E-state index contributed by atoms with van der Waals surface area (Å²) >= 11 is 0. The average Bonchev–Trinajstić information content (AvgIpc) is 3.31. The third-order valence-corrected chi connectivity index (χ3v) is 4.03. The number of carbonyl (C=O) groups excluding carboxylic acids is 1. The molecule has 1 aromatic carbocycles. The fourth-order valence-corrected chi connectivity index (χ4v) is 2.70. The number of esters is 1. The summed E-state index contributed by atoms with van der Waals surface area (Å²) in [6.07, 6.45) is 1.84. The number of hydrogen-bond acceptors (Lipinski definition) is 4. The van der Waals surface area contributed by atoms with Gasteiger partial charge in [0.15, 0.2) is 0 Å². The van der Waals surface area contributed by atoms with Crippen LogP contribution in [0.5, 0.6) is 0 Å². The molecule has 6 nitrogen and oxygen atoms in total. The van der Waals surface area contributed by atoms with Gasteiger partial charge in [0.2, 0.25) is 0 Å². The Kier molecular flexibility index (Phi) is 4.46. The van der Waals surface area contributed by atoms with Crippen molar-refractivity contribution in [3.8, 4) is 5.69 Å². The van der Waals surface area contributed by atoms with Gasteiger partial charge in [-0.1, -0.05) is 0 Å². The Labute approximate surface area is 149 Å². The van der Waals surface area contributed by atoms with Crippen LogP contribution < -0.4 is 5.69 Å². The molecule has 2 aromatic rings. The van der Waals surface area contributed by atoms with Crippen LogP contribution in [0.25, 0.3) is 5.69 Å². The molecule has 1 fully saturated rings. The molecule has 1 heterocycles. The molecule has 0 spiro atoms. The molecule has 1 aromatic heterocycles. The first-order valence-electron chi connectivity index (χ1n) is 8.55.